The van der Waals surface area contributed by atoms with Crippen LogP contribution in [0.4, 0.5) is 10.1 Å². The number of aryl methyl sites for hydroxylation is 1. The van der Waals surface area contributed by atoms with E-state index >= 15 is 0 Å². The topological polar surface area (TPSA) is 86.7 Å². The molecule has 0 radical (unpaired) electrons. The molecule has 2 N–H and O–H groups in total. The minimum absolute atomic E-state index is 0.0288. The zero-order valence-electron chi connectivity index (χ0n) is 15.0. The van der Waals surface area contributed by atoms with E-state index in [1.807, 2.05) is 30.3 Å². The Kier molecular flexibility index (Phi) is 4.58. The first-order chi connectivity index (χ1) is 13.4. The number of nitrogens with zero attached hydrogens (tertiary/aromatic N) is 1. The van der Waals surface area contributed by atoms with Crippen LogP contribution in [0.2, 0.25) is 0 Å². The van der Waals surface area contributed by atoms with Gasteiger partial charge < -0.3 is 15.3 Å². The first-order valence-electron chi connectivity index (χ1n) is 9.13. The molecule has 2 amide bonds. The van der Waals surface area contributed by atoms with Crippen LogP contribution in [0, 0.1) is 11.7 Å². The van der Waals surface area contributed by atoms with Gasteiger partial charge >= 0.3 is 5.97 Å². The Morgan fingerprint density at radius 1 is 1.11 bits per heavy atom. The second kappa shape index (κ2) is 7.07. The summed E-state index contributed by atoms with van der Waals surface area (Å²) in [6.45, 7) is 0.244. The van der Waals surface area contributed by atoms with Gasteiger partial charge in [-0.3, -0.25) is 14.4 Å². The number of hydrogen-bond acceptors (Lipinski definition) is 3. The van der Waals surface area contributed by atoms with E-state index in [1.165, 1.54) is 17.0 Å². The summed E-state index contributed by atoms with van der Waals surface area (Å²) >= 11 is 0. The highest BCUT2D eigenvalue weighted by molar-refractivity contribution is 5.98. The van der Waals surface area contributed by atoms with Gasteiger partial charge in [0.1, 0.15) is 5.82 Å². The number of halogens is 1. The second-order valence-corrected chi connectivity index (χ2v) is 7.21. The molecule has 0 bridgehead atoms. The smallest absolute Gasteiger partial charge is 0.308 e. The van der Waals surface area contributed by atoms with Crippen LogP contribution in [0.1, 0.15) is 33.8 Å². The molecular weight excluding hydrogens is 363 g/mol. The molecule has 2 aromatic rings. The minimum Gasteiger partial charge on any atom is -0.481 e. The van der Waals surface area contributed by atoms with Gasteiger partial charge in [-0.15, -0.1) is 0 Å². The molecule has 7 heteroatoms. The third kappa shape index (κ3) is 3.24. The average molecular weight is 382 g/mol. The molecule has 2 atom stereocenters. The number of rotatable bonds is 3. The van der Waals surface area contributed by atoms with Crippen molar-refractivity contribution in [3.8, 4) is 0 Å². The molecule has 0 aliphatic carbocycles. The lowest BCUT2D eigenvalue weighted by molar-refractivity contribution is -0.141. The van der Waals surface area contributed by atoms with E-state index in [9.17, 15) is 23.9 Å². The normalized spacial score (nSPS) is 21.2. The highest BCUT2D eigenvalue weighted by atomic mass is 19.1. The van der Waals surface area contributed by atoms with Gasteiger partial charge in [-0.05, 0) is 29.7 Å². The SMILES string of the molecule is O=C1CCc2cc(C(=O)N3C[C@H](c4ccccc4)[C@H](C(=O)O)C3)c(F)cc2N1. The lowest BCUT2D eigenvalue weighted by Gasteiger charge is -2.21. The molecule has 4 rings (SSSR count). The van der Waals surface area contributed by atoms with Crippen molar-refractivity contribution in [2.24, 2.45) is 5.92 Å². The van der Waals surface area contributed by atoms with Gasteiger partial charge in [0.05, 0.1) is 11.5 Å². The molecule has 2 aliphatic rings. The molecule has 144 valence electrons. The van der Waals surface area contributed by atoms with Crippen LogP contribution in [0.15, 0.2) is 42.5 Å². The maximum atomic E-state index is 14.6. The van der Waals surface area contributed by atoms with Gasteiger partial charge in [0.25, 0.3) is 5.91 Å². The summed E-state index contributed by atoms with van der Waals surface area (Å²) in [6.07, 6.45) is 0.721. The Labute approximate surface area is 161 Å². The number of hydrogen-bond donors (Lipinski definition) is 2. The summed E-state index contributed by atoms with van der Waals surface area (Å²) in [7, 11) is 0. The van der Waals surface area contributed by atoms with Crippen molar-refractivity contribution in [3.05, 3.63) is 65.0 Å². The Morgan fingerprint density at radius 2 is 1.86 bits per heavy atom. The van der Waals surface area contributed by atoms with Gasteiger partial charge in [0.15, 0.2) is 0 Å². The number of anilines is 1. The van der Waals surface area contributed by atoms with Crippen molar-refractivity contribution in [3.63, 3.8) is 0 Å². The first kappa shape index (κ1) is 18.2. The third-order valence-electron chi connectivity index (χ3n) is 5.47. The van der Waals surface area contributed by atoms with Crippen molar-refractivity contribution in [2.45, 2.75) is 18.8 Å². The number of carbonyl (C=O) groups is 3. The van der Waals surface area contributed by atoms with E-state index in [4.69, 9.17) is 0 Å². The molecule has 0 spiro atoms. The summed E-state index contributed by atoms with van der Waals surface area (Å²) in [6, 6.07) is 11.8. The van der Waals surface area contributed by atoms with Gasteiger partial charge in [-0.2, -0.15) is 0 Å². The number of benzene rings is 2. The maximum absolute atomic E-state index is 14.6. The van der Waals surface area contributed by atoms with Crippen molar-refractivity contribution >= 4 is 23.5 Å². The number of amides is 2. The van der Waals surface area contributed by atoms with Crippen LogP contribution in [-0.2, 0) is 16.0 Å². The first-order valence-corrected chi connectivity index (χ1v) is 9.13. The zero-order chi connectivity index (χ0) is 19.8. The van der Waals surface area contributed by atoms with Gasteiger partial charge in [-0.25, -0.2) is 4.39 Å². The summed E-state index contributed by atoms with van der Waals surface area (Å²) in [4.78, 5) is 37.6. The number of likely N-dealkylation sites (tertiary alicyclic amines) is 1. The van der Waals surface area contributed by atoms with Crippen LogP contribution in [0.25, 0.3) is 0 Å². The molecule has 28 heavy (non-hydrogen) atoms. The largest absolute Gasteiger partial charge is 0.481 e. The average Bonchev–Trinajstić information content (AvgIpc) is 3.13. The molecule has 2 aliphatic heterocycles. The Morgan fingerprint density at radius 3 is 2.57 bits per heavy atom. The van der Waals surface area contributed by atoms with E-state index in [2.05, 4.69) is 5.32 Å². The highest BCUT2D eigenvalue weighted by Gasteiger charge is 2.41. The standard InChI is InChI=1S/C21H19FN2O4/c22-17-9-18-13(6-7-19(25)23-18)8-14(17)20(26)24-10-15(16(11-24)21(27)28)12-4-2-1-3-5-12/h1-5,8-9,15-16H,6-7,10-11H2,(H,23,25)(H,27,28)/t15-,16-/m1/s1. The van der Waals surface area contributed by atoms with Gasteiger partial charge in [-0.1, -0.05) is 30.3 Å². The molecule has 1 saturated heterocycles. The van der Waals surface area contributed by atoms with E-state index in [1.54, 1.807) is 0 Å². The minimum atomic E-state index is -0.974. The number of aliphatic carboxylic acids is 1. The van der Waals surface area contributed by atoms with Crippen LogP contribution < -0.4 is 5.32 Å². The number of carboxylic acid groups (broad SMARTS) is 1. The van der Waals surface area contributed by atoms with Crippen molar-refractivity contribution in [1.29, 1.82) is 0 Å². The van der Waals surface area contributed by atoms with Crippen molar-refractivity contribution in [1.82, 2.24) is 4.90 Å². The summed E-state index contributed by atoms with van der Waals surface area (Å²) in [5.74, 6) is -3.49. The molecule has 2 heterocycles. The highest BCUT2D eigenvalue weighted by Crippen LogP contribution is 2.34. The van der Waals surface area contributed by atoms with Crippen molar-refractivity contribution in [2.75, 3.05) is 18.4 Å². The van der Waals surface area contributed by atoms with Crippen LogP contribution in [0.3, 0.4) is 0 Å². The monoisotopic (exact) mass is 382 g/mol. The van der Waals surface area contributed by atoms with E-state index in [0.717, 1.165) is 5.56 Å². The maximum Gasteiger partial charge on any atom is 0.308 e. The predicted molar refractivity (Wildman–Crippen MR) is 99.6 cm³/mol. The number of nitrogens with one attached hydrogen (secondary N) is 1. The Balaban J connectivity index is 1.62. The quantitative estimate of drug-likeness (QED) is 0.855. The molecular formula is C21H19FN2O4. The van der Waals surface area contributed by atoms with E-state index in [0.29, 0.717) is 17.7 Å². The number of carbonyl (C=O) groups excluding carboxylic acids is 2. The number of carboxylic acids is 1. The molecule has 0 aromatic heterocycles. The zero-order valence-corrected chi connectivity index (χ0v) is 15.0. The second-order valence-electron chi connectivity index (χ2n) is 7.21. The van der Waals surface area contributed by atoms with Crippen LogP contribution >= 0.6 is 0 Å². The van der Waals surface area contributed by atoms with E-state index in [-0.39, 0.29) is 36.9 Å². The summed E-state index contributed by atoms with van der Waals surface area (Å²) in [5, 5.41) is 12.2. The molecule has 0 saturated carbocycles. The number of fused-ring (bicyclic) bond motifs is 1. The fourth-order valence-corrected chi connectivity index (χ4v) is 3.99. The lowest BCUT2D eigenvalue weighted by Crippen LogP contribution is -2.31. The van der Waals surface area contributed by atoms with Crippen molar-refractivity contribution < 1.29 is 23.9 Å². The molecule has 0 unspecified atom stereocenters. The Hall–Kier alpha value is -3.22. The van der Waals surface area contributed by atoms with Crippen LogP contribution in [0.5, 0.6) is 0 Å². The predicted octanol–water partition coefficient (Wildman–Crippen LogP) is 2.65. The van der Waals surface area contributed by atoms with Gasteiger partial charge in [0.2, 0.25) is 5.91 Å². The Bertz CT molecular complexity index is 960. The summed E-state index contributed by atoms with van der Waals surface area (Å²) in [5.41, 5.74) is 1.85. The fraction of sp³-hybridized carbons (Fsp3) is 0.286. The summed E-state index contributed by atoms with van der Waals surface area (Å²) < 4.78 is 14.6. The van der Waals surface area contributed by atoms with Crippen LogP contribution in [-0.4, -0.2) is 40.9 Å². The van der Waals surface area contributed by atoms with Gasteiger partial charge in [0, 0.05) is 31.1 Å². The molecule has 1 fully saturated rings. The molecule has 6 nitrogen and oxygen atoms in total. The molecule has 2 aromatic carbocycles. The third-order valence-corrected chi connectivity index (χ3v) is 5.47. The van der Waals surface area contributed by atoms with E-state index < -0.39 is 23.6 Å². The fourth-order valence-electron chi connectivity index (χ4n) is 3.99. The lowest BCUT2D eigenvalue weighted by atomic mass is 9.89.